The lowest BCUT2D eigenvalue weighted by Gasteiger charge is -2.11. The maximum Gasteiger partial charge on any atom is 0.259 e. The Morgan fingerprint density at radius 2 is 2.43 bits per heavy atom. The van der Waals surface area contributed by atoms with Crippen LogP contribution < -0.4 is 10.9 Å². The number of nitrogens with one attached hydrogen (secondary N) is 2. The summed E-state index contributed by atoms with van der Waals surface area (Å²) in [7, 11) is 0. The van der Waals surface area contributed by atoms with Crippen LogP contribution in [0.1, 0.15) is 10.4 Å². The van der Waals surface area contributed by atoms with E-state index < -0.39 is 0 Å². The second-order valence-corrected chi connectivity index (χ2v) is 4.43. The normalized spacial score (nSPS) is 15.7. The Morgan fingerprint density at radius 1 is 1.50 bits per heavy atom. The standard InChI is InChI=1S/C9H9N3OS/c13-8-7-5-1-2-10-3-6(5)14-9(7)12-4-11-8/h4,10H,1-3H2,(H,11,12,13). The summed E-state index contributed by atoms with van der Waals surface area (Å²) in [6.07, 6.45) is 2.41. The third-order valence-electron chi connectivity index (χ3n) is 2.51. The Bertz CT molecular complexity index is 542. The molecule has 0 bridgehead atoms. The Labute approximate surface area is 84.0 Å². The van der Waals surface area contributed by atoms with Crippen molar-refractivity contribution in [3.8, 4) is 0 Å². The van der Waals surface area contributed by atoms with Gasteiger partial charge in [0.15, 0.2) is 0 Å². The maximum atomic E-state index is 11.6. The molecule has 72 valence electrons. The van der Waals surface area contributed by atoms with Gasteiger partial charge in [0.05, 0.1) is 11.7 Å². The Morgan fingerprint density at radius 3 is 3.36 bits per heavy atom. The molecule has 0 saturated heterocycles. The molecule has 0 radical (unpaired) electrons. The number of H-pyrrole nitrogens is 1. The minimum atomic E-state index is -0.00519. The molecule has 0 unspecified atom stereocenters. The molecule has 3 rings (SSSR count). The van der Waals surface area contributed by atoms with E-state index in [1.54, 1.807) is 11.3 Å². The number of thiophene rings is 1. The van der Waals surface area contributed by atoms with E-state index in [0.29, 0.717) is 0 Å². The van der Waals surface area contributed by atoms with Gasteiger partial charge in [0.25, 0.3) is 5.56 Å². The Kier molecular flexibility index (Phi) is 1.68. The SMILES string of the molecule is O=c1[nH]cnc2sc3c(c12)CCNC3. The topological polar surface area (TPSA) is 57.8 Å². The van der Waals surface area contributed by atoms with Crippen LogP contribution in [0.25, 0.3) is 10.2 Å². The molecule has 3 heterocycles. The summed E-state index contributed by atoms with van der Waals surface area (Å²) < 4.78 is 0. The first kappa shape index (κ1) is 8.14. The Hall–Kier alpha value is -1.20. The minimum Gasteiger partial charge on any atom is -0.313 e. The summed E-state index contributed by atoms with van der Waals surface area (Å²) in [6, 6.07) is 0. The van der Waals surface area contributed by atoms with E-state index in [9.17, 15) is 4.79 Å². The zero-order valence-corrected chi connectivity index (χ0v) is 8.28. The zero-order chi connectivity index (χ0) is 9.54. The van der Waals surface area contributed by atoms with Crippen molar-refractivity contribution in [2.75, 3.05) is 6.54 Å². The van der Waals surface area contributed by atoms with Crippen LogP contribution in [-0.2, 0) is 13.0 Å². The van der Waals surface area contributed by atoms with Gasteiger partial charge in [-0.2, -0.15) is 0 Å². The van der Waals surface area contributed by atoms with Crippen molar-refractivity contribution in [2.45, 2.75) is 13.0 Å². The predicted octanol–water partition coefficient (Wildman–Crippen LogP) is 0.630. The van der Waals surface area contributed by atoms with Crippen molar-refractivity contribution in [2.24, 2.45) is 0 Å². The van der Waals surface area contributed by atoms with E-state index in [-0.39, 0.29) is 5.56 Å². The molecule has 0 aromatic carbocycles. The van der Waals surface area contributed by atoms with Crippen molar-refractivity contribution >= 4 is 21.6 Å². The van der Waals surface area contributed by atoms with E-state index in [0.717, 1.165) is 29.7 Å². The fourth-order valence-corrected chi connectivity index (χ4v) is 3.03. The summed E-state index contributed by atoms with van der Waals surface area (Å²) in [6.45, 7) is 1.82. The van der Waals surface area contributed by atoms with Crippen LogP contribution in [-0.4, -0.2) is 16.5 Å². The number of aromatic amines is 1. The monoisotopic (exact) mass is 207 g/mol. The number of hydrogen-bond acceptors (Lipinski definition) is 4. The smallest absolute Gasteiger partial charge is 0.259 e. The molecule has 0 amide bonds. The molecular formula is C9H9N3OS. The van der Waals surface area contributed by atoms with Gasteiger partial charge >= 0.3 is 0 Å². The number of hydrogen-bond donors (Lipinski definition) is 2. The molecule has 2 aromatic rings. The Balaban J connectivity index is 2.44. The van der Waals surface area contributed by atoms with Crippen molar-refractivity contribution in [1.29, 1.82) is 0 Å². The van der Waals surface area contributed by atoms with Crippen LogP contribution in [0.2, 0.25) is 0 Å². The van der Waals surface area contributed by atoms with Gasteiger partial charge in [-0.05, 0) is 18.5 Å². The quantitative estimate of drug-likeness (QED) is 0.666. The first-order chi connectivity index (χ1) is 6.86. The minimum absolute atomic E-state index is 0.00519. The van der Waals surface area contributed by atoms with Crippen molar-refractivity contribution < 1.29 is 0 Å². The van der Waals surface area contributed by atoms with E-state index in [4.69, 9.17) is 0 Å². The summed E-state index contributed by atoms with van der Waals surface area (Å²) in [4.78, 5) is 20.5. The van der Waals surface area contributed by atoms with E-state index >= 15 is 0 Å². The fraction of sp³-hybridized carbons (Fsp3) is 0.333. The first-order valence-electron chi connectivity index (χ1n) is 4.55. The number of fused-ring (bicyclic) bond motifs is 3. The lowest BCUT2D eigenvalue weighted by atomic mass is 10.1. The van der Waals surface area contributed by atoms with Gasteiger partial charge in [-0.3, -0.25) is 4.79 Å². The van der Waals surface area contributed by atoms with Crippen molar-refractivity contribution in [3.05, 3.63) is 27.1 Å². The highest BCUT2D eigenvalue weighted by molar-refractivity contribution is 7.18. The summed E-state index contributed by atoms with van der Waals surface area (Å²) in [5.41, 5.74) is 1.19. The molecule has 2 aromatic heterocycles. The lowest BCUT2D eigenvalue weighted by Crippen LogP contribution is -2.22. The van der Waals surface area contributed by atoms with Crippen LogP contribution in [0.3, 0.4) is 0 Å². The molecule has 1 aliphatic rings. The molecule has 0 aliphatic carbocycles. The maximum absolute atomic E-state index is 11.6. The van der Waals surface area contributed by atoms with Gasteiger partial charge in [0.1, 0.15) is 4.83 Å². The highest BCUT2D eigenvalue weighted by atomic mass is 32.1. The van der Waals surface area contributed by atoms with Gasteiger partial charge in [-0.25, -0.2) is 4.98 Å². The third kappa shape index (κ3) is 1.03. The summed E-state index contributed by atoms with van der Waals surface area (Å²) in [5.74, 6) is 0. The highest BCUT2D eigenvalue weighted by Gasteiger charge is 2.17. The van der Waals surface area contributed by atoms with Gasteiger partial charge < -0.3 is 10.3 Å². The fourth-order valence-electron chi connectivity index (χ4n) is 1.87. The number of nitrogens with zero attached hydrogens (tertiary/aromatic N) is 1. The molecule has 0 spiro atoms. The summed E-state index contributed by atoms with van der Waals surface area (Å²) in [5, 5.41) is 4.09. The molecule has 1 aliphatic heterocycles. The van der Waals surface area contributed by atoms with Gasteiger partial charge in [0.2, 0.25) is 0 Å². The highest BCUT2D eigenvalue weighted by Crippen LogP contribution is 2.29. The molecule has 0 fully saturated rings. The first-order valence-corrected chi connectivity index (χ1v) is 5.36. The van der Waals surface area contributed by atoms with E-state index in [2.05, 4.69) is 15.3 Å². The van der Waals surface area contributed by atoms with Crippen LogP contribution in [0.5, 0.6) is 0 Å². The molecule has 0 atom stereocenters. The average molecular weight is 207 g/mol. The molecule has 2 N–H and O–H groups in total. The number of rotatable bonds is 0. The molecule has 4 nitrogen and oxygen atoms in total. The van der Waals surface area contributed by atoms with E-state index in [1.165, 1.54) is 16.8 Å². The third-order valence-corrected chi connectivity index (χ3v) is 3.65. The second-order valence-electron chi connectivity index (χ2n) is 3.34. The summed E-state index contributed by atoms with van der Waals surface area (Å²) >= 11 is 1.62. The largest absolute Gasteiger partial charge is 0.313 e. The second kappa shape index (κ2) is 2.90. The molecule has 0 saturated carbocycles. The van der Waals surface area contributed by atoms with Crippen molar-refractivity contribution in [3.63, 3.8) is 0 Å². The number of aromatic nitrogens is 2. The molecule has 5 heteroatoms. The predicted molar refractivity (Wildman–Crippen MR) is 55.7 cm³/mol. The van der Waals surface area contributed by atoms with Crippen LogP contribution in [0, 0.1) is 0 Å². The molecular weight excluding hydrogens is 198 g/mol. The lowest BCUT2D eigenvalue weighted by molar-refractivity contribution is 0.657. The van der Waals surface area contributed by atoms with Crippen LogP contribution in [0.4, 0.5) is 0 Å². The van der Waals surface area contributed by atoms with E-state index in [1.807, 2.05) is 0 Å². The molecule has 14 heavy (non-hydrogen) atoms. The van der Waals surface area contributed by atoms with Crippen molar-refractivity contribution in [1.82, 2.24) is 15.3 Å². The van der Waals surface area contributed by atoms with Crippen LogP contribution in [0.15, 0.2) is 11.1 Å². The van der Waals surface area contributed by atoms with Gasteiger partial charge in [-0.15, -0.1) is 11.3 Å². The van der Waals surface area contributed by atoms with Crippen LogP contribution >= 0.6 is 11.3 Å². The average Bonchev–Trinajstić information content (AvgIpc) is 2.57. The van der Waals surface area contributed by atoms with Gasteiger partial charge in [-0.1, -0.05) is 0 Å². The van der Waals surface area contributed by atoms with Gasteiger partial charge in [0, 0.05) is 11.4 Å². The zero-order valence-electron chi connectivity index (χ0n) is 7.46.